The first kappa shape index (κ1) is 13.0. The van der Waals surface area contributed by atoms with Crippen molar-refractivity contribution in [2.45, 2.75) is 20.0 Å². The molecule has 82 valence electrons. The zero-order chi connectivity index (χ0) is 12.0. The Morgan fingerprint density at radius 3 is 1.87 bits per heavy atom. The summed E-state index contributed by atoms with van der Waals surface area (Å²) in [5.74, 6) is -3.60. The van der Waals surface area contributed by atoms with Crippen LogP contribution in [0.2, 0.25) is 0 Å². The first-order valence-electron chi connectivity index (χ1n) is 3.97. The molecule has 0 amide bonds. The van der Waals surface area contributed by atoms with Crippen molar-refractivity contribution in [1.82, 2.24) is 0 Å². The van der Waals surface area contributed by atoms with Crippen LogP contribution >= 0.6 is 0 Å². The second-order valence-electron chi connectivity index (χ2n) is 2.71. The van der Waals surface area contributed by atoms with Gasteiger partial charge in [0.05, 0.1) is 0 Å². The number of carbonyl (C=O) groups is 4. The molecule has 0 aliphatic rings. The molecule has 0 rings (SSSR count). The molecule has 6 heteroatoms. The van der Waals surface area contributed by atoms with Crippen molar-refractivity contribution < 1.29 is 29.0 Å². The fourth-order valence-electron chi connectivity index (χ4n) is 0.747. The molecule has 0 saturated carbocycles. The highest BCUT2D eigenvalue weighted by Crippen LogP contribution is 1.97. The lowest BCUT2D eigenvalue weighted by Crippen LogP contribution is -2.31. The molecular formula is C9H10O6. The van der Waals surface area contributed by atoms with Crippen LogP contribution in [0.25, 0.3) is 0 Å². The largest absolute Gasteiger partial charge is 0.478 e. The van der Waals surface area contributed by atoms with Crippen LogP contribution in [0.5, 0.6) is 0 Å². The van der Waals surface area contributed by atoms with Crippen LogP contribution in [0.4, 0.5) is 0 Å². The van der Waals surface area contributed by atoms with E-state index < -0.39 is 29.6 Å². The van der Waals surface area contributed by atoms with E-state index in [-0.39, 0.29) is 0 Å². The summed E-state index contributed by atoms with van der Waals surface area (Å²) in [6.45, 7) is 2.19. The molecule has 0 bridgehead atoms. The summed E-state index contributed by atoms with van der Waals surface area (Å²) in [5.41, 5.74) is 0. The zero-order valence-electron chi connectivity index (χ0n) is 8.22. The monoisotopic (exact) mass is 214 g/mol. The Labute approximate surface area is 85.5 Å². The average Bonchev–Trinajstić information content (AvgIpc) is 2.09. The van der Waals surface area contributed by atoms with E-state index in [9.17, 15) is 19.2 Å². The molecule has 0 atom stereocenters. The summed E-state index contributed by atoms with van der Waals surface area (Å²) < 4.78 is 4.44. The lowest BCUT2D eigenvalue weighted by atomic mass is 10.2. The van der Waals surface area contributed by atoms with Crippen molar-refractivity contribution in [1.29, 1.82) is 0 Å². The minimum atomic E-state index is -1.46. The molecule has 0 aromatic rings. The summed E-state index contributed by atoms with van der Waals surface area (Å²) >= 11 is 0. The van der Waals surface area contributed by atoms with E-state index >= 15 is 0 Å². The maximum atomic E-state index is 10.9. The molecule has 15 heavy (non-hydrogen) atoms. The first-order valence-corrected chi connectivity index (χ1v) is 3.97. The van der Waals surface area contributed by atoms with Crippen LogP contribution in [0.3, 0.4) is 0 Å². The van der Waals surface area contributed by atoms with Gasteiger partial charge in [-0.3, -0.25) is 9.59 Å². The van der Waals surface area contributed by atoms with E-state index in [2.05, 4.69) is 4.74 Å². The number of ketones is 2. The molecule has 0 aliphatic carbocycles. The van der Waals surface area contributed by atoms with E-state index in [0.29, 0.717) is 12.2 Å². The van der Waals surface area contributed by atoms with Crippen LogP contribution in [-0.4, -0.2) is 34.7 Å². The summed E-state index contributed by atoms with van der Waals surface area (Å²) in [5, 5.41) is 8.19. The van der Waals surface area contributed by atoms with Gasteiger partial charge in [0.15, 0.2) is 11.6 Å². The van der Waals surface area contributed by atoms with E-state index in [1.165, 1.54) is 0 Å². The summed E-state index contributed by atoms with van der Waals surface area (Å²) in [6, 6.07) is 0. The number of hydrogen-bond donors (Lipinski definition) is 1. The van der Waals surface area contributed by atoms with Crippen LogP contribution in [0, 0.1) is 0 Å². The molecule has 0 spiro atoms. The molecule has 6 nitrogen and oxygen atoms in total. The topological polar surface area (TPSA) is 97.7 Å². The number of carboxylic acid groups (broad SMARTS) is 1. The zero-order valence-corrected chi connectivity index (χ0v) is 8.22. The van der Waals surface area contributed by atoms with E-state index in [4.69, 9.17) is 5.11 Å². The molecule has 0 aromatic carbocycles. The van der Waals surface area contributed by atoms with Gasteiger partial charge in [-0.05, 0) is 13.8 Å². The molecule has 0 heterocycles. The van der Waals surface area contributed by atoms with Gasteiger partial charge < -0.3 is 9.84 Å². The standard InChI is InChI=1S/C9H10O6/c1-5(10)9(6(2)11)15-8(14)4-3-7(12)13/h3-4,9H,1-2H3,(H,12,13). The summed E-state index contributed by atoms with van der Waals surface area (Å²) in [4.78, 5) is 42.6. The van der Waals surface area contributed by atoms with Gasteiger partial charge in [0.1, 0.15) is 0 Å². The number of ether oxygens (including phenoxy) is 1. The van der Waals surface area contributed by atoms with Crippen molar-refractivity contribution >= 4 is 23.5 Å². The molecule has 0 saturated heterocycles. The van der Waals surface area contributed by atoms with Gasteiger partial charge in [-0.15, -0.1) is 0 Å². The number of aliphatic carboxylic acids is 1. The fraction of sp³-hybridized carbons (Fsp3) is 0.333. The van der Waals surface area contributed by atoms with Crippen LogP contribution in [0.1, 0.15) is 13.8 Å². The van der Waals surface area contributed by atoms with Gasteiger partial charge in [-0.1, -0.05) is 0 Å². The number of hydrogen-bond acceptors (Lipinski definition) is 5. The third-order valence-electron chi connectivity index (χ3n) is 1.33. The number of rotatable bonds is 5. The minimum absolute atomic E-state index is 0.555. The molecule has 0 radical (unpaired) electrons. The van der Waals surface area contributed by atoms with Crippen molar-refractivity contribution in [3.8, 4) is 0 Å². The third kappa shape index (κ3) is 5.35. The van der Waals surface area contributed by atoms with Crippen molar-refractivity contribution in [2.75, 3.05) is 0 Å². The normalized spacial score (nSPS) is 10.3. The Morgan fingerprint density at radius 1 is 1.07 bits per heavy atom. The highest BCUT2D eigenvalue weighted by Gasteiger charge is 2.22. The van der Waals surface area contributed by atoms with Gasteiger partial charge in [0.25, 0.3) is 0 Å². The van der Waals surface area contributed by atoms with Crippen molar-refractivity contribution in [2.24, 2.45) is 0 Å². The van der Waals surface area contributed by atoms with E-state index in [1.807, 2.05) is 0 Å². The number of carboxylic acids is 1. The SMILES string of the molecule is CC(=O)C(OC(=O)C=CC(=O)O)C(C)=O. The number of carbonyl (C=O) groups excluding carboxylic acids is 3. The predicted octanol–water partition coefficient (Wildman–Crippen LogP) is -0.283. The van der Waals surface area contributed by atoms with Crippen LogP contribution in [0.15, 0.2) is 12.2 Å². The smallest absolute Gasteiger partial charge is 0.332 e. The maximum Gasteiger partial charge on any atom is 0.332 e. The van der Waals surface area contributed by atoms with E-state index in [1.54, 1.807) is 0 Å². The molecule has 0 unspecified atom stereocenters. The average molecular weight is 214 g/mol. The molecule has 0 fully saturated rings. The second kappa shape index (κ2) is 5.69. The number of esters is 1. The number of Topliss-reactive ketones (excluding diaryl/α,β-unsaturated/α-hetero) is 2. The molecular weight excluding hydrogens is 204 g/mol. The van der Waals surface area contributed by atoms with Crippen LogP contribution in [-0.2, 0) is 23.9 Å². The Kier molecular flexibility index (Phi) is 4.94. The Bertz CT molecular complexity index is 313. The van der Waals surface area contributed by atoms with Gasteiger partial charge >= 0.3 is 11.9 Å². The van der Waals surface area contributed by atoms with Gasteiger partial charge in [0, 0.05) is 12.2 Å². The second-order valence-corrected chi connectivity index (χ2v) is 2.71. The lowest BCUT2D eigenvalue weighted by Gasteiger charge is -2.09. The quantitative estimate of drug-likeness (QED) is 0.384. The van der Waals surface area contributed by atoms with Crippen molar-refractivity contribution in [3.63, 3.8) is 0 Å². The fourth-order valence-corrected chi connectivity index (χ4v) is 0.747. The summed E-state index contributed by atoms with van der Waals surface area (Å²) in [7, 11) is 0. The van der Waals surface area contributed by atoms with E-state index in [0.717, 1.165) is 13.8 Å². The Morgan fingerprint density at radius 2 is 1.53 bits per heavy atom. The van der Waals surface area contributed by atoms with Gasteiger partial charge in [-0.2, -0.15) is 0 Å². The van der Waals surface area contributed by atoms with Gasteiger partial charge in [-0.25, -0.2) is 9.59 Å². The summed E-state index contributed by atoms with van der Waals surface area (Å²) in [6.07, 6.45) is -0.281. The Balaban J connectivity index is 4.43. The molecule has 1 N–H and O–H groups in total. The third-order valence-corrected chi connectivity index (χ3v) is 1.33. The Hall–Kier alpha value is -1.98. The first-order chi connectivity index (χ1) is 6.84. The highest BCUT2D eigenvalue weighted by molar-refractivity contribution is 6.05. The van der Waals surface area contributed by atoms with Crippen LogP contribution < -0.4 is 0 Å². The lowest BCUT2D eigenvalue weighted by molar-refractivity contribution is -0.155. The highest BCUT2D eigenvalue weighted by atomic mass is 16.5. The molecule has 0 aromatic heterocycles. The van der Waals surface area contributed by atoms with Crippen molar-refractivity contribution in [3.05, 3.63) is 12.2 Å². The van der Waals surface area contributed by atoms with Gasteiger partial charge in [0.2, 0.25) is 6.10 Å². The molecule has 0 aliphatic heterocycles. The maximum absolute atomic E-state index is 10.9. The predicted molar refractivity (Wildman–Crippen MR) is 48.0 cm³/mol. The minimum Gasteiger partial charge on any atom is -0.478 e.